The maximum absolute atomic E-state index is 11.3. The second-order valence-electron chi connectivity index (χ2n) is 3.06. The van der Waals surface area contributed by atoms with Crippen LogP contribution in [-0.4, -0.2) is 19.0 Å². The second-order valence-corrected chi connectivity index (χ2v) is 3.92. The van der Waals surface area contributed by atoms with E-state index in [-0.39, 0.29) is 18.3 Å². The van der Waals surface area contributed by atoms with E-state index in [9.17, 15) is 4.79 Å². The van der Waals surface area contributed by atoms with Crippen LogP contribution in [0, 0.1) is 0 Å². The minimum Gasteiger partial charge on any atom is -0.497 e. The van der Waals surface area contributed by atoms with Crippen molar-refractivity contribution in [3.63, 3.8) is 0 Å². The molecule has 0 unspecified atom stereocenters. The van der Waals surface area contributed by atoms with Crippen LogP contribution in [-0.2, 0) is 11.2 Å². The summed E-state index contributed by atoms with van der Waals surface area (Å²) in [7, 11) is 1.58. The number of ether oxygens (including phenoxy) is 1. The first-order valence-electron chi connectivity index (χ1n) is 4.48. The third-order valence-corrected chi connectivity index (χ3v) is 2.59. The number of amides is 1. The number of aliphatic imine (C=N–C) groups is 1. The summed E-state index contributed by atoms with van der Waals surface area (Å²) in [5.41, 5.74) is 11.0. The highest BCUT2D eigenvalue weighted by Gasteiger charge is 2.07. The van der Waals surface area contributed by atoms with Crippen molar-refractivity contribution in [1.82, 2.24) is 0 Å². The number of nitrogens with two attached hydrogens (primary N) is 2. The van der Waals surface area contributed by atoms with Crippen LogP contribution in [0.15, 0.2) is 27.7 Å². The van der Waals surface area contributed by atoms with Gasteiger partial charge >= 0.3 is 0 Å². The van der Waals surface area contributed by atoms with Crippen LogP contribution < -0.4 is 16.2 Å². The maximum Gasteiger partial charge on any atom is 0.253 e. The molecule has 4 N–H and O–H groups in total. The molecular formula is C10H12BrN3O2. The van der Waals surface area contributed by atoms with Crippen LogP contribution in [0.5, 0.6) is 5.75 Å². The normalized spacial score (nSPS) is 9.62. The summed E-state index contributed by atoms with van der Waals surface area (Å²) < 4.78 is 5.82. The molecule has 0 bridgehead atoms. The van der Waals surface area contributed by atoms with Gasteiger partial charge in [0.2, 0.25) is 0 Å². The van der Waals surface area contributed by atoms with E-state index in [1.54, 1.807) is 25.3 Å². The molecule has 1 aromatic carbocycles. The molecule has 0 atom stereocenters. The number of hydrogen-bond acceptors (Lipinski definition) is 2. The number of guanidine groups is 1. The number of nitrogens with zero attached hydrogens (tertiary/aromatic N) is 1. The smallest absolute Gasteiger partial charge is 0.253 e. The van der Waals surface area contributed by atoms with Gasteiger partial charge in [-0.1, -0.05) is 22.0 Å². The largest absolute Gasteiger partial charge is 0.497 e. The molecule has 1 aromatic rings. The molecule has 86 valence electrons. The Balaban J connectivity index is 2.82. The molecule has 0 aliphatic carbocycles. The standard InChI is InChI=1S/C10H12BrN3O2/c1-16-7-3-2-6(8(11)5-7)4-9(15)14-10(12)13/h2-3,5H,4H2,1H3,(H4,12,13,14,15). The Morgan fingerprint density at radius 2 is 2.19 bits per heavy atom. The van der Waals surface area contributed by atoms with Gasteiger partial charge in [-0.25, -0.2) is 0 Å². The third-order valence-electron chi connectivity index (χ3n) is 1.86. The lowest BCUT2D eigenvalue weighted by Crippen LogP contribution is -2.24. The molecule has 0 heterocycles. The van der Waals surface area contributed by atoms with Crippen molar-refractivity contribution in [2.75, 3.05) is 7.11 Å². The van der Waals surface area contributed by atoms with E-state index in [0.29, 0.717) is 5.75 Å². The highest BCUT2D eigenvalue weighted by Crippen LogP contribution is 2.23. The van der Waals surface area contributed by atoms with Crippen LogP contribution in [0.3, 0.4) is 0 Å². The summed E-state index contributed by atoms with van der Waals surface area (Å²) in [6, 6.07) is 5.32. The molecule has 1 rings (SSSR count). The van der Waals surface area contributed by atoms with Crippen molar-refractivity contribution in [3.05, 3.63) is 28.2 Å². The predicted molar refractivity (Wildman–Crippen MR) is 65.2 cm³/mol. The number of carbonyl (C=O) groups is 1. The summed E-state index contributed by atoms with van der Waals surface area (Å²) in [6.45, 7) is 0. The van der Waals surface area contributed by atoms with E-state index in [2.05, 4.69) is 20.9 Å². The molecule has 16 heavy (non-hydrogen) atoms. The third kappa shape index (κ3) is 3.54. The molecule has 0 aliphatic rings. The van der Waals surface area contributed by atoms with Gasteiger partial charge in [0, 0.05) is 4.47 Å². The van der Waals surface area contributed by atoms with Gasteiger partial charge in [0.25, 0.3) is 5.91 Å². The van der Waals surface area contributed by atoms with Gasteiger partial charge in [-0.3, -0.25) is 4.79 Å². The van der Waals surface area contributed by atoms with Crippen molar-refractivity contribution in [2.24, 2.45) is 16.5 Å². The van der Waals surface area contributed by atoms with Gasteiger partial charge in [0.05, 0.1) is 13.5 Å². The van der Waals surface area contributed by atoms with E-state index in [0.717, 1.165) is 10.0 Å². The molecule has 0 spiro atoms. The van der Waals surface area contributed by atoms with E-state index < -0.39 is 0 Å². The van der Waals surface area contributed by atoms with Crippen LogP contribution in [0.1, 0.15) is 5.56 Å². The average Bonchev–Trinajstić information content (AvgIpc) is 2.19. The van der Waals surface area contributed by atoms with Crippen LogP contribution >= 0.6 is 15.9 Å². The summed E-state index contributed by atoms with van der Waals surface area (Å²) in [5, 5.41) is 0. The minimum atomic E-state index is -0.383. The zero-order valence-electron chi connectivity index (χ0n) is 8.74. The van der Waals surface area contributed by atoms with Gasteiger partial charge < -0.3 is 16.2 Å². The fraction of sp³-hybridized carbons (Fsp3) is 0.200. The van der Waals surface area contributed by atoms with Gasteiger partial charge in [0.1, 0.15) is 5.75 Å². The fourth-order valence-electron chi connectivity index (χ4n) is 1.14. The van der Waals surface area contributed by atoms with E-state index in [1.807, 2.05) is 0 Å². The first-order valence-corrected chi connectivity index (χ1v) is 5.27. The number of hydrogen-bond donors (Lipinski definition) is 2. The quantitative estimate of drug-likeness (QED) is 0.635. The average molecular weight is 286 g/mol. The van der Waals surface area contributed by atoms with Crippen LogP contribution in [0.2, 0.25) is 0 Å². The minimum absolute atomic E-state index is 0.141. The van der Waals surface area contributed by atoms with Crippen LogP contribution in [0.25, 0.3) is 0 Å². The molecule has 0 radical (unpaired) electrons. The molecular weight excluding hydrogens is 274 g/mol. The molecule has 1 amide bonds. The monoisotopic (exact) mass is 285 g/mol. The van der Waals surface area contributed by atoms with Gasteiger partial charge in [-0.15, -0.1) is 0 Å². The molecule has 6 heteroatoms. The molecule has 0 fully saturated rings. The lowest BCUT2D eigenvalue weighted by atomic mass is 10.1. The Morgan fingerprint density at radius 3 is 2.69 bits per heavy atom. The first-order chi connectivity index (χ1) is 7.52. The fourth-order valence-corrected chi connectivity index (χ4v) is 1.64. The molecule has 0 saturated carbocycles. The number of methoxy groups -OCH3 is 1. The second kappa shape index (κ2) is 5.50. The summed E-state index contributed by atoms with van der Waals surface area (Å²) in [6.07, 6.45) is 0.141. The number of carbonyl (C=O) groups excluding carboxylic acids is 1. The van der Waals surface area contributed by atoms with Gasteiger partial charge in [0.15, 0.2) is 5.96 Å². The van der Waals surface area contributed by atoms with Crippen molar-refractivity contribution in [2.45, 2.75) is 6.42 Å². The predicted octanol–water partition coefficient (Wildman–Crippen LogP) is 0.800. The van der Waals surface area contributed by atoms with Crippen molar-refractivity contribution < 1.29 is 9.53 Å². The van der Waals surface area contributed by atoms with E-state index >= 15 is 0 Å². The maximum atomic E-state index is 11.3. The SMILES string of the molecule is COc1ccc(CC(=O)N=C(N)N)c(Br)c1. The Hall–Kier alpha value is -1.56. The lowest BCUT2D eigenvalue weighted by Gasteiger charge is -2.04. The topological polar surface area (TPSA) is 90.7 Å². The molecule has 0 aliphatic heterocycles. The summed E-state index contributed by atoms with van der Waals surface area (Å²) >= 11 is 3.34. The summed E-state index contributed by atoms with van der Waals surface area (Å²) in [5.74, 6) is 0.102. The Bertz CT molecular complexity index is 428. The molecule has 0 saturated heterocycles. The van der Waals surface area contributed by atoms with E-state index in [4.69, 9.17) is 16.2 Å². The van der Waals surface area contributed by atoms with Gasteiger partial charge in [-0.05, 0) is 17.7 Å². The number of benzene rings is 1. The zero-order valence-corrected chi connectivity index (χ0v) is 10.3. The van der Waals surface area contributed by atoms with Crippen molar-refractivity contribution in [1.29, 1.82) is 0 Å². The molecule has 5 nitrogen and oxygen atoms in total. The number of halogens is 1. The molecule has 0 aromatic heterocycles. The Labute approximate surface area is 102 Å². The Morgan fingerprint density at radius 1 is 1.50 bits per heavy atom. The van der Waals surface area contributed by atoms with Gasteiger partial charge in [-0.2, -0.15) is 4.99 Å². The highest BCUT2D eigenvalue weighted by atomic mass is 79.9. The first kappa shape index (κ1) is 12.5. The zero-order chi connectivity index (χ0) is 12.1. The lowest BCUT2D eigenvalue weighted by molar-refractivity contribution is -0.117. The van der Waals surface area contributed by atoms with Crippen molar-refractivity contribution >= 4 is 27.8 Å². The van der Waals surface area contributed by atoms with Crippen LogP contribution in [0.4, 0.5) is 0 Å². The summed E-state index contributed by atoms with van der Waals surface area (Å²) in [4.78, 5) is 14.8. The van der Waals surface area contributed by atoms with Crippen molar-refractivity contribution in [3.8, 4) is 5.75 Å². The Kier molecular flexibility index (Phi) is 4.30. The number of rotatable bonds is 3. The highest BCUT2D eigenvalue weighted by molar-refractivity contribution is 9.10. The van der Waals surface area contributed by atoms with E-state index in [1.165, 1.54) is 0 Å².